The number of hydrogen-bond donors (Lipinski definition) is 0. The Morgan fingerprint density at radius 3 is 2.58 bits per heavy atom. The molecule has 1 aromatic heterocycles. The normalized spacial score (nSPS) is 10.7. The fraction of sp³-hybridized carbons (Fsp3) is 0.231. The smallest absolute Gasteiger partial charge is 0.343 e. The van der Waals surface area contributed by atoms with Crippen LogP contribution in [0.2, 0.25) is 0 Å². The van der Waals surface area contributed by atoms with Gasteiger partial charge in [0.05, 0.1) is 17.5 Å². The van der Waals surface area contributed by atoms with E-state index in [0.29, 0.717) is 0 Å². The van der Waals surface area contributed by atoms with Crippen LogP contribution in [-0.2, 0) is 11.8 Å². The Hall–Kier alpha value is -2.24. The lowest BCUT2D eigenvalue weighted by Crippen LogP contribution is -2.21. The number of ether oxygens (including phenoxy) is 1. The van der Waals surface area contributed by atoms with E-state index in [-0.39, 0.29) is 17.7 Å². The summed E-state index contributed by atoms with van der Waals surface area (Å²) in [5, 5.41) is -0.451. The molecule has 2 rings (SSSR count). The predicted molar refractivity (Wildman–Crippen MR) is 65.1 cm³/mol. The molecule has 1 aromatic carbocycles. The van der Waals surface area contributed by atoms with Crippen molar-refractivity contribution in [3.63, 3.8) is 0 Å². The summed E-state index contributed by atoms with van der Waals surface area (Å²) < 4.78 is 33.3. The molecule has 0 fully saturated rings. The van der Waals surface area contributed by atoms with Crippen molar-refractivity contribution in [3.05, 3.63) is 45.8 Å². The van der Waals surface area contributed by atoms with Crippen molar-refractivity contribution in [1.29, 1.82) is 0 Å². The summed E-state index contributed by atoms with van der Waals surface area (Å²) in [6.07, 6.45) is 1.14. The van der Waals surface area contributed by atoms with Gasteiger partial charge in [0.25, 0.3) is 0 Å². The van der Waals surface area contributed by atoms with Gasteiger partial charge in [-0.15, -0.1) is 0 Å². The molecule has 4 nitrogen and oxygen atoms in total. The number of carbonyl (C=O) groups excluding carboxylic acids is 1. The SMILES string of the molecule is CCOC(=O)c1cn(C)c2c(F)ccc(F)c2c1=O. The van der Waals surface area contributed by atoms with Gasteiger partial charge in [0.15, 0.2) is 0 Å². The number of benzene rings is 1. The molecule has 19 heavy (non-hydrogen) atoms. The Morgan fingerprint density at radius 2 is 1.95 bits per heavy atom. The fourth-order valence-corrected chi connectivity index (χ4v) is 1.91. The minimum absolute atomic E-state index is 0.0889. The van der Waals surface area contributed by atoms with E-state index in [1.165, 1.54) is 11.6 Å². The Morgan fingerprint density at radius 1 is 1.32 bits per heavy atom. The molecule has 1 heterocycles. The van der Waals surface area contributed by atoms with Crippen molar-refractivity contribution < 1.29 is 18.3 Å². The van der Waals surface area contributed by atoms with E-state index < -0.39 is 28.4 Å². The van der Waals surface area contributed by atoms with Gasteiger partial charge in [0, 0.05) is 13.2 Å². The van der Waals surface area contributed by atoms with Crippen LogP contribution in [0, 0.1) is 11.6 Å². The van der Waals surface area contributed by atoms with Crippen LogP contribution in [0.25, 0.3) is 10.9 Å². The molecule has 0 unspecified atom stereocenters. The van der Waals surface area contributed by atoms with E-state index in [1.807, 2.05) is 0 Å². The van der Waals surface area contributed by atoms with Crippen LogP contribution in [0.3, 0.4) is 0 Å². The predicted octanol–water partition coefficient (Wildman–Crippen LogP) is 1.99. The standard InChI is InChI=1S/C13H11F2NO3/c1-3-19-13(18)7-6-16(2)11-9(15)5-4-8(14)10(11)12(7)17/h4-6H,3H2,1-2H3. The molecule has 0 saturated heterocycles. The maximum atomic E-state index is 13.7. The summed E-state index contributed by atoms with van der Waals surface area (Å²) in [6, 6.07) is 1.79. The topological polar surface area (TPSA) is 48.3 Å². The monoisotopic (exact) mass is 267 g/mol. The van der Waals surface area contributed by atoms with Crippen LogP contribution in [0.4, 0.5) is 8.78 Å². The lowest BCUT2D eigenvalue weighted by atomic mass is 10.1. The summed E-state index contributed by atoms with van der Waals surface area (Å²) in [7, 11) is 1.42. The number of hydrogen-bond acceptors (Lipinski definition) is 3. The summed E-state index contributed by atoms with van der Waals surface area (Å²) in [6.45, 7) is 1.68. The number of aryl methyl sites for hydroxylation is 1. The molecular weight excluding hydrogens is 256 g/mol. The third-order valence-corrected chi connectivity index (χ3v) is 2.72. The minimum atomic E-state index is -0.872. The maximum absolute atomic E-state index is 13.7. The second-order valence-corrected chi connectivity index (χ2v) is 3.96. The molecule has 100 valence electrons. The number of rotatable bonds is 2. The summed E-state index contributed by atoms with van der Waals surface area (Å²) in [5.74, 6) is -2.46. The van der Waals surface area contributed by atoms with E-state index >= 15 is 0 Å². The van der Waals surface area contributed by atoms with Crippen LogP contribution in [0.1, 0.15) is 17.3 Å². The van der Waals surface area contributed by atoms with Gasteiger partial charge in [0.1, 0.15) is 17.2 Å². The number of esters is 1. The Kier molecular flexibility index (Phi) is 3.33. The van der Waals surface area contributed by atoms with Gasteiger partial charge in [-0.1, -0.05) is 0 Å². The summed E-state index contributed by atoms with van der Waals surface area (Å²) in [4.78, 5) is 23.7. The quantitative estimate of drug-likeness (QED) is 0.782. The molecule has 0 N–H and O–H groups in total. The summed E-state index contributed by atoms with van der Waals surface area (Å²) in [5.41, 5.74) is -1.37. The van der Waals surface area contributed by atoms with Crippen LogP contribution in [0.15, 0.2) is 23.1 Å². The highest BCUT2D eigenvalue weighted by molar-refractivity contribution is 5.94. The van der Waals surface area contributed by atoms with Gasteiger partial charge >= 0.3 is 5.97 Å². The lowest BCUT2D eigenvalue weighted by molar-refractivity contribution is 0.0524. The van der Waals surface area contributed by atoms with Gasteiger partial charge < -0.3 is 9.30 Å². The number of carbonyl (C=O) groups is 1. The van der Waals surface area contributed by atoms with Crippen molar-refractivity contribution in [2.24, 2.45) is 7.05 Å². The fourth-order valence-electron chi connectivity index (χ4n) is 1.91. The van der Waals surface area contributed by atoms with Crippen molar-refractivity contribution in [1.82, 2.24) is 4.57 Å². The second-order valence-electron chi connectivity index (χ2n) is 3.96. The van der Waals surface area contributed by atoms with E-state index in [4.69, 9.17) is 4.74 Å². The Labute approximate surface area is 107 Å². The molecule has 0 aliphatic heterocycles. The zero-order valence-electron chi connectivity index (χ0n) is 10.4. The Bertz CT molecular complexity index is 722. The van der Waals surface area contributed by atoms with Crippen LogP contribution in [-0.4, -0.2) is 17.1 Å². The average molecular weight is 267 g/mol. The minimum Gasteiger partial charge on any atom is -0.462 e. The van der Waals surface area contributed by atoms with Crippen molar-refractivity contribution in [3.8, 4) is 0 Å². The van der Waals surface area contributed by atoms with Gasteiger partial charge in [0.2, 0.25) is 5.43 Å². The van der Waals surface area contributed by atoms with Gasteiger partial charge in [-0.25, -0.2) is 13.6 Å². The van der Waals surface area contributed by atoms with Crippen molar-refractivity contribution in [2.45, 2.75) is 6.92 Å². The molecule has 2 aromatic rings. The maximum Gasteiger partial charge on any atom is 0.343 e. The first kappa shape index (κ1) is 13.2. The highest BCUT2D eigenvalue weighted by atomic mass is 19.1. The molecular formula is C13H11F2NO3. The first-order valence-corrected chi connectivity index (χ1v) is 5.61. The number of aromatic nitrogens is 1. The number of fused-ring (bicyclic) bond motifs is 1. The van der Waals surface area contributed by atoms with Crippen molar-refractivity contribution in [2.75, 3.05) is 6.61 Å². The third kappa shape index (κ3) is 2.09. The van der Waals surface area contributed by atoms with E-state index in [1.54, 1.807) is 6.92 Å². The Balaban J connectivity index is 2.86. The molecule has 6 heteroatoms. The average Bonchev–Trinajstić information content (AvgIpc) is 2.36. The number of halogens is 2. The third-order valence-electron chi connectivity index (χ3n) is 2.72. The van der Waals surface area contributed by atoms with E-state index in [0.717, 1.165) is 18.3 Å². The van der Waals surface area contributed by atoms with Gasteiger partial charge in [-0.3, -0.25) is 4.79 Å². The molecule has 0 bridgehead atoms. The molecule has 0 radical (unpaired) electrons. The van der Waals surface area contributed by atoms with Crippen LogP contribution in [0.5, 0.6) is 0 Å². The van der Waals surface area contributed by atoms with Gasteiger partial charge in [-0.2, -0.15) is 0 Å². The van der Waals surface area contributed by atoms with Crippen LogP contribution < -0.4 is 5.43 Å². The molecule has 0 spiro atoms. The first-order chi connectivity index (χ1) is 8.97. The highest BCUT2D eigenvalue weighted by Crippen LogP contribution is 2.18. The molecule has 0 atom stereocenters. The summed E-state index contributed by atoms with van der Waals surface area (Å²) >= 11 is 0. The van der Waals surface area contributed by atoms with E-state index in [2.05, 4.69) is 0 Å². The zero-order valence-corrected chi connectivity index (χ0v) is 10.4. The first-order valence-electron chi connectivity index (χ1n) is 5.61. The largest absolute Gasteiger partial charge is 0.462 e. The zero-order chi connectivity index (χ0) is 14.2. The molecule has 0 aliphatic rings. The molecule has 0 amide bonds. The number of pyridine rings is 1. The lowest BCUT2D eigenvalue weighted by Gasteiger charge is -2.09. The number of nitrogens with zero attached hydrogens (tertiary/aromatic N) is 1. The van der Waals surface area contributed by atoms with Crippen molar-refractivity contribution >= 4 is 16.9 Å². The van der Waals surface area contributed by atoms with Gasteiger partial charge in [-0.05, 0) is 19.1 Å². The highest BCUT2D eigenvalue weighted by Gasteiger charge is 2.19. The molecule has 0 saturated carbocycles. The second kappa shape index (κ2) is 4.79. The van der Waals surface area contributed by atoms with E-state index in [9.17, 15) is 18.4 Å². The van der Waals surface area contributed by atoms with Crippen LogP contribution >= 0.6 is 0 Å². The molecule has 0 aliphatic carbocycles.